The van der Waals surface area contributed by atoms with Gasteiger partial charge in [-0.25, -0.2) is 0 Å². The van der Waals surface area contributed by atoms with Gasteiger partial charge in [-0.2, -0.15) is 5.26 Å². The predicted molar refractivity (Wildman–Crippen MR) is 58.9 cm³/mol. The average Bonchev–Trinajstić information content (AvgIpc) is 2.68. The zero-order valence-corrected chi connectivity index (χ0v) is 9.64. The molecule has 2 unspecified atom stereocenters. The highest BCUT2D eigenvalue weighted by Gasteiger charge is 2.32. The molecule has 0 aromatic heterocycles. The van der Waals surface area contributed by atoms with E-state index in [2.05, 4.69) is 25.2 Å². The van der Waals surface area contributed by atoms with Gasteiger partial charge in [-0.1, -0.05) is 33.1 Å². The molecule has 0 aromatic carbocycles. The van der Waals surface area contributed by atoms with Crippen LogP contribution in [-0.2, 0) is 0 Å². The fourth-order valence-corrected chi connectivity index (χ4v) is 2.19. The summed E-state index contributed by atoms with van der Waals surface area (Å²) in [4.78, 5) is 0. The molecule has 1 saturated carbocycles. The topological polar surface area (TPSA) is 35.8 Å². The summed E-state index contributed by atoms with van der Waals surface area (Å²) in [6.45, 7) is 6.35. The molecule has 80 valence electrons. The highest BCUT2D eigenvalue weighted by atomic mass is 15.0. The van der Waals surface area contributed by atoms with Crippen LogP contribution in [0.15, 0.2) is 0 Å². The Morgan fingerprint density at radius 3 is 2.50 bits per heavy atom. The first-order valence-electron chi connectivity index (χ1n) is 5.81. The molecule has 14 heavy (non-hydrogen) atoms. The van der Waals surface area contributed by atoms with Crippen LogP contribution in [0.25, 0.3) is 0 Å². The summed E-state index contributed by atoms with van der Waals surface area (Å²) in [5.74, 6) is 0.424. The third kappa shape index (κ3) is 2.48. The van der Waals surface area contributed by atoms with E-state index in [-0.39, 0.29) is 5.54 Å². The van der Waals surface area contributed by atoms with Gasteiger partial charge >= 0.3 is 0 Å². The number of nitrogens with zero attached hydrogens (tertiary/aromatic N) is 1. The summed E-state index contributed by atoms with van der Waals surface area (Å²) in [7, 11) is 0. The Morgan fingerprint density at radius 2 is 2.07 bits per heavy atom. The Kier molecular flexibility index (Phi) is 3.95. The first-order valence-corrected chi connectivity index (χ1v) is 5.81. The summed E-state index contributed by atoms with van der Waals surface area (Å²) in [6.07, 6.45) is 6.19. The van der Waals surface area contributed by atoms with E-state index in [4.69, 9.17) is 0 Å². The molecule has 0 spiro atoms. The standard InChI is InChI=1S/C12H22N2/c1-4-10(2)12(3,9-13)14-11-7-5-6-8-11/h10-11,14H,4-8H2,1-3H3. The number of hydrogen-bond acceptors (Lipinski definition) is 2. The summed E-state index contributed by atoms with van der Waals surface area (Å²) in [6, 6.07) is 3.02. The first kappa shape index (κ1) is 11.5. The van der Waals surface area contributed by atoms with E-state index in [1.807, 2.05) is 6.92 Å². The molecule has 2 atom stereocenters. The fraction of sp³-hybridized carbons (Fsp3) is 0.917. The molecule has 0 saturated heterocycles. The zero-order valence-electron chi connectivity index (χ0n) is 9.64. The van der Waals surface area contributed by atoms with Crippen molar-refractivity contribution in [2.24, 2.45) is 5.92 Å². The minimum Gasteiger partial charge on any atom is -0.297 e. The summed E-state index contributed by atoms with van der Waals surface area (Å²) >= 11 is 0. The van der Waals surface area contributed by atoms with Crippen LogP contribution in [0.2, 0.25) is 0 Å². The van der Waals surface area contributed by atoms with E-state index in [0.717, 1.165) is 6.42 Å². The second-order valence-corrected chi connectivity index (χ2v) is 4.75. The third-order valence-corrected chi connectivity index (χ3v) is 3.69. The van der Waals surface area contributed by atoms with Crippen molar-refractivity contribution in [3.8, 4) is 6.07 Å². The molecule has 2 nitrogen and oxygen atoms in total. The molecule has 1 aliphatic carbocycles. The Bertz CT molecular complexity index is 213. The molecule has 0 radical (unpaired) electrons. The molecule has 1 aliphatic rings. The maximum atomic E-state index is 9.23. The Balaban J connectivity index is 2.56. The van der Waals surface area contributed by atoms with Crippen molar-refractivity contribution >= 4 is 0 Å². The van der Waals surface area contributed by atoms with Crippen LogP contribution in [0.5, 0.6) is 0 Å². The Morgan fingerprint density at radius 1 is 1.50 bits per heavy atom. The Hall–Kier alpha value is -0.550. The van der Waals surface area contributed by atoms with Gasteiger partial charge in [-0.05, 0) is 25.7 Å². The molecule has 0 aliphatic heterocycles. The van der Waals surface area contributed by atoms with Crippen molar-refractivity contribution in [1.29, 1.82) is 5.26 Å². The lowest BCUT2D eigenvalue weighted by atomic mass is 9.85. The molecular weight excluding hydrogens is 172 g/mol. The van der Waals surface area contributed by atoms with Crippen molar-refractivity contribution in [3.05, 3.63) is 0 Å². The van der Waals surface area contributed by atoms with E-state index < -0.39 is 0 Å². The number of hydrogen-bond donors (Lipinski definition) is 1. The monoisotopic (exact) mass is 194 g/mol. The van der Waals surface area contributed by atoms with Crippen LogP contribution in [0.3, 0.4) is 0 Å². The van der Waals surface area contributed by atoms with Crippen molar-refractivity contribution in [1.82, 2.24) is 5.32 Å². The average molecular weight is 194 g/mol. The molecule has 1 fully saturated rings. The van der Waals surface area contributed by atoms with Crippen molar-refractivity contribution in [3.63, 3.8) is 0 Å². The van der Waals surface area contributed by atoms with Gasteiger partial charge in [0.25, 0.3) is 0 Å². The summed E-state index contributed by atoms with van der Waals surface area (Å²) < 4.78 is 0. The molecule has 0 bridgehead atoms. The van der Waals surface area contributed by atoms with Crippen LogP contribution in [0.4, 0.5) is 0 Å². The molecule has 0 aromatic rings. The van der Waals surface area contributed by atoms with E-state index in [0.29, 0.717) is 12.0 Å². The minimum atomic E-state index is -0.330. The highest BCUT2D eigenvalue weighted by molar-refractivity contribution is 5.08. The van der Waals surface area contributed by atoms with Crippen molar-refractivity contribution in [2.45, 2.75) is 64.5 Å². The van der Waals surface area contributed by atoms with Gasteiger partial charge in [0, 0.05) is 6.04 Å². The lowest BCUT2D eigenvalue weighted by Gasteiger charge is -2.32. The van der Waals surface area contributed by atoms with Gasteiger partial charge in [0.1, 0.15) is 5.54 Å². The van der Waals surface area contributed by atoms with E-state index in [1.54, 1.807) is 0 Å². The number of nitriles is 1. The largest absolute Gasteiger partial charge is 0.297 e. The molecule has 1 N–H and O–H groups in total. The van der Waals surface area contributed by atoms with Crippen molar-refractivity contribution < 1.29 is 0 Å². The lowest BCUT2D eigenvalue weighted by molar-refractivity contribution is 0.276. The number of nitrogens with one attached hydrogen (secondary N) is 1. The van der Waals surface area contributed by atoms with Gasteiger partial charge < -0.3 is 0 Å². The smallest absolute Gasteiger partial charge is 0.106 e. The highest BCUT2D eigenvalue weighted by Crippen LogP contribution is 2.25. The number of rotatable bonds is 4. The van der Waals surface area contributed by atoms with Gasteiger partial charge in [0.2, 0.25) is 0 Å². The van der Waals surface area contributed by atoms with E-state index in [9.17, 15) is 5.26 Å². The van der Waals surface area contributed by atoms with Gasteiger partial charge in [-0.3, -0.25) is 5.32 Å². The van der Waals surface area contributed by atoms with Crippen LogP contribution in [-0.4, -0.2) is 11.6 Å². The van der Waals surface area contributed by atoms with Crippen LogP contribution in [0, 0.1) is 17.2 Å². The SMILES string of the molecule is CCC(C)C(C)(C#N)NC1CCCC1. The van der Waals surface area contributed by atoms with Gasteiger partial charge in [-0.15, -0.1) is 0 Å². The van der Waals surface area contributed by atoms with Crippen molar-refractivity contribution in [2.75, 3.05) is 0 Å². The quantitative estimate of drug-likeness (QED) is 0.747. The Labute approximate surface area is 87.7 Å². The van der Waals surface area contributed by atoms with Gasteiger partial charge in [0.05, 0.1) is 6.07 Å². The molecule has 2 heteroatoms. The fourth-order valence-electron chi connectivity index (χ4n) is 2.19. The van der Waals surface area contributed by atoms with Crippen LogP contribution < -0.4 is 5.32 Å². The minimum absolute atomic E-state index is 0.330. The second kappa shape index (κ2) is 4.79. The maximum Gasteiger partial charge on any atom is 0.106 e. The molecular formula is C12H22N2. The van der Waals surface area contributed by atoms with E-state index in [1.165, 1.54) is 25.7 Å². The second-order valence-electron chi connectivity index (χ2n) is 4.75. The predicted octanol–water partition coefficient (Wildman–Crippen LogP) is 2.85. The van der Waals surface area contributed by atoms with Crippen LogP contribution in [0.1, 0.15) is 52.9 Å². The summed E-state index contributed by atoms with van der Waals surface area (Å²) in [5, 5.41) is 12.8. The van der Waals surface area contributed by atoms with Crippen LogP contribution >= 0.6 is 0 Å². The first-order chi connectivity index (χ1) is 6.62. The summed E-state index contributed by atoms with van der Waals surface area (Å²) in [5.41, 5.74) is -0.330. The molecule has 1 rings (SSSR count). The molecule has 0 amide bonds. The van der Waals surface area contributed by atoms with E-state index >= 15 is 0 Å². The maximum absolute atomic E-state index is 9.23. The van der Waals surface area contributed by atoms with Gasteiger partial charge in [0.15, 0.2) is 0 Å². The normalized spacial score (nSPS) is 24.1. The molecule has 0 heterocycles. The zero-order chi connectivity index (χ0) is 10.6. The third-order valence-electron chi connectivity index (χ3n) is 3.69. The lowest BCUT2D eigenvalue weighted by Crippen LogP contribution is -2.50.